The van der Waals surface area contributed by atoms with E-state index in [0.717, 1.165) is 0 Å². The van der Waals surface area contributed by atoms with E-state index < -0.39 is 22.0 Å². The lowest BCUT2D eigenvalue weighted by atomic mass is 10.1. The highest BCUT2D eigenvalue weighted by Gasteiger charge is 2.20. The van der Waals surface area contributed by atoms with E-state index in [4.69, 9.17) is 5.73 Å². The van der Waals surface area contributed by atoms with Crippen LogP contribution in [0.3, 0.4) is 0 Å². The van der Waals surface area contributed by atoms with Crippen LogP contribution in [0.15, 0.2) is 29.2 Å². The van der Waals surface area contributed by atoms with Gasteiger partial charge >= 0.3 is 6.03 Å². The van der Waals surface area contributed by atoms with Gasteiger partial charge in [-0.05, 0) is 24.1 Å². The third kappa shape index (κ3) is 5.07. The van der Waals surface area contributed by atoms with Crippen molar-refractivity contribution in [3.8, 4) is 0 Å². The predicted molar refractivity (Wildman–Crippen MR) is 77.6 cm³/mol. The fraction of sp³-hybridized carbons (Fsp3) is 0.385. The zero-order chi connectivity index (χ0) is 16.0. The van der Waals surface area contributed by atoms with Crippen LogP contribution in [0, 0.1) is 5.92 Å². The van der Waals surface area contributed by atoms with Gasteiger partial charge in [-0.15, -0.1) is 0 Å². The zero-order valence-electron chi connectivity index (χ0n) is 11.9. The summed E-state index contributed by atoms with van der Waals surface area (Å²) >= 11 is 0. The Labute approximate surface area is 124 Å². The lowest BCUT2D eigenvalue weighted by Crippen LogP contribution is -2.34. The Balaban J connectivity index is 2.80. The van der Waals surface area contributed by atoms with Crippen molar-refractivity contribution < 1.29 is 18.0 Å². The van der Waals surface area contributed by atoms with Gasteiger partial charge in [0.15, 0.2) is 0 Å². The van der Waals surface area contributed by atoms with Crippen LogP contribution in [0.5, 0.6) is 0 Å². The molecule has 0 fully saturated rings. The molecule has 1 rings (SSSR count). The minimum Gasteiger partial charge on any atom is -0.352 e. The molecule has 0 bridgehead atoms. The molecule has 0 radical (unpaired) electrons. The second-order valence-electron chi connectivity index (χ2n) is 4.64. The Kier molecular flexibility index (Phi) is 5.71. The summed E-state index contributed by atoms with van der Waals surface area (Å²) in [7, 11) is -3.87. The number of rotatable bonds is 6. The van der Waals surface area contributed by atoms with Crippen molar-refractivity contribution in [2.24, 2.45) is 11.7 Å². The van der Waals surface area contributed by atoms with Crippen LogP contribution in [-0.2, 0) is 21.4 Å². The van der Waals surface area contributed by atoms with E-state index >= 15 is 0 Å². The third-order valence-corrected chi connectivity index (χ3v) is 4.36. The van der Waals surface area contributed by atoms with Gasteiger partial charge in [0, 0.05) is 12.5 Å². The molecule has 0 saturated carbocycles. The maximum Gasteiger partial charge on any atom is 0.312 e. The van der Waals surface area contributed by atoms with Gasteiger partial charge in [0.2, 0.25) is 5.91 Å². The summed E-state index contributed by atoms with van der Waals surface area (Å²) < 4.78 is 26.1. The molecule has 21 heavy (non-hydrogen) atoms. The summed E-state index contributed by atoms with van der Waals surface area (Å²) in [6.45, 7) is 3.66. The van der Waals surface area contributed by atoms with Crippen molar-refractivity contribution in [2.45, 2.75) is 31.7 Å². The molecule has 4 N–H and O–H groups in total. The molecule has 0 saturated heterocycles. The van der Waals surface area contributed by atoms with Crippen molar-refractivity contribution in [2.75, 3.05) is 0 Å². The van der Waals surface area contributed by atoms with Crippen LogP contribution >= 0.6 is 0 Å². The summed E-state index contributed by atoms with van der Waals surface area (Å²) in [4.78, 5) is 22.2. The Morgan fingerprint density at radius 3 is 2.29 bits per heavy atom. The number of carbonyl (C=O) groups is 2. The number of nitrogens with two attached hydrogens (primary N) is 1. The molecule has 0 aliphatic heterocycles. The van der Waals surface area contributed by atoms with Gasteiger partial charge in [-0.3, -0.25) is 4.79 Å². The first-order chi connectivity index (χ1) is 9.76. The summed E-state index contributed by atoms with van der Waals surface area (Å²) in [6.07, 6.45) is 0.555. The molecule has 0 aliphatic carbocycles. The van der Waals surface area contributed by atoms with Crippen molar-refractivity contribution in [3.05, 3.63) is 29.8 Å². The van der Waals surface area contributed by atoms with E-state index in [-0.39, 0.29) is 17.4 Å². The van der Waals surface area contributed by atoms with Gasteiger partial charge in [-0.1, -0.05) is 26.0 Å². The van der Waals surface area contributed by atoms with Gasteiger partial charge in [0.1, 0.15) is 0 Å². The fourth-order valence-corrected chi connectivity index (χ4v) is 2.53. The molecule has 1 aromatic rings. The summed E-state index contributed by atoms with van der Waals surface area (Å²) in [6, 6.07) is 5.15. The molecule has 0 aromatic heterocycles. The number of sulfonamides is 1. The first kappa shape index (κ1) is 17.0. The van der Waals surface area contributed by atoms with Gasteiger partial charge in [-0.2, -0.15) is 0 Å². The van der Waals surface area contributed by atoms with Crippen LogP contribution in [0.2, 0.25) is 0 Å². The average Bonchev–Trinajstić information content (AvgIpc) is 2.44. The Morgan fingerprint density at radius 1 is 1.24 bits per heavy atom. The van der Waals surface area contributed by atoms with Crippen LogP contribution < -0.4 is 15.8 Å². The highest BCUT2D eigenvalue weighted by molar-refractivity contribution is 7.90. The number of carbonyl (C=O) groups excluding carboxylic acids is 2. The van der Waals surface area contributed by atoms with Gasteiger partial charge in [0.05, 0.1) is 4.90 Å². The summed E-state index contributed by atoms with van der Waals surface area (Å²) in [5.41, 5.74) is 5.64. The Morgan fingerprint density at radius 2 is 1.81 bits per heavy atom. The third-order valence-electron chi connectivity index (χ3n) is 3.00. The molecule has 0 aliphatic rings. The second kappa shape index (κ2) is 7.07. The predicted octanol–water partition coefficient (Wildman–Crippen LogP) is 0.706. The average molecular weight is 313 g/mol. The second-order valence-corrected chi connectivity index (χ2v) is 6.32. The maximum absolute atomic E-state index is 12.0. The van der Waals surface area contributed by atoms with E-state index in [1.54, 1.807) is 13.8 Å². The van der Waals surface area contributed by atoms with Crippen LogP contribution in [-0.4, -0.2) is 20.4 Å². The molecule has 7 nitrogen and oxygen atoms in total. The van der Waals surface area contributed by atoms with E-state index in [2.05, 4.69) is 5.32 Å². The summed E-state index contributed by atoms with van der Waals surface area (Å²) in [5.74, 6) is -0.907. The Bertz CT molecular complexity index is 611. The quantitative estimate of drug-likeness (QED) is 0.716. The maximum atomic E-state index is 12.0. The minimum atomic E-state index is -3.87. The fourth-order valence-electron chi connectivity index (χ4n) is 1.45. The smallest absolute Gasteiger partial charge is 0.312 e. The number of urea groups is 1. The highest BCUT2D eigenvalue weighted by atomic mass is 32.2. The van der Waals surface area contributed by atoms with Gasteiger partial charge in [-0.25, -0.2) is 17.9 Å². The zero-order valence-corrected chi connectivity index (χ0v) is 12.7. The number of benzene rings is 1. The molecule has 0 unspecified atom stereocenters. The van der Waals surface area contributed by atoms with Crippen molar-refractivity contribution in [1.29, 1.82) is 0 Å². The van der Waals surface area contributed by atoms with E-state index in [9.17, 15) is 18.0 Å². The molecule has 1 atom stereocenters. The molecule has 0 heterocycles. The van der Waals surface area contributed by atoms with Crippen LogP contribution in [0.25, 0.3) is 0 Å². The van der Waals surface area contributed by atoms with E-state index in [0.29, 0.717) is 12.0 Å². The lowest BCUT2D eigenvalue weighted by Gasteiger charge is -2.11. The number of amides is 3. The lowest BCUT2D eigenvalue weighted by molar-refractivity contribution is -0.122. The standard InChI is InChI=1S/C13H19N3O4S/c1-3-9(2)12(17)16-21(19,20)11-6-4-10(5-7-11)8-15-13(14)18/h4-7,9H,3,8H2,1-2H3,(H,16,17)(H3,14,15,18)/t9-/m1/s1. The van der Waals surface area contributed by atoms with Crippen LogP contribution in [0.1, 0.15) is 25.8 Å². The van der Waals surface area contributed by atoms with E-state index in [1.807, 2.05) is 4.72 Å². The first-order valence-electron chi connectivity index (χ1n) is 6.45. The number of hydrogen-bond acceptors (Lipinski definition) is 4. The van der Waals surface area contributed by atoms with Crippen molar-refractivity contribution in [1.82, 2.24) is 10.0 Å². The van der Waals surface area contributed by atoms with Gasteiger partial charge < -0.3 is 11.1 Å². The SMILES string of the molecule is CC[C@@H](C)C(=O)NS(=O)(=O)c1ccc(CNC(N)=O)cc1. The largest absolute Gasteiger partial charge is 0.352 e. The highest BCUT2D eigenvalue weighted by Crippen LogP contribution is 2.12. The molecule has 8 heteroatoms. The number of nitrogens with one attached hydrogen (secondary N) is 2. The normalized spacial score (nSPS) is 12.5. The minimum absolute atomic E-state index is 0.0121. The topological polar surface area (TPSA) is 118 Å². The van der Waals surface area contributed by atoms with Crippen molar-refractivity contribution >= 4 is 22.0 Å². The van der Waals surface area contributed by atoms with E-state index in [1.165, 1.54) is 24.3 Å². The number of primary amides is 1. The molecule has 0 spiro atoms. The molecular weight excluding hydrogens is 294 g/mol. The Hall–Kier alpha value is -2.09. The van der Waals surface area contributed by atoms with Crippen molar-refractivity contribution in [3.63, 3.8) is 0 Å². The molecule has 1 aromatic carbocycles. The van der Waals surface area contributed by atoms with Crippen LogP contribution in [0.4, 0.5) is 4.79 Å². The number of hydrogen-bond donors (Lipinski definition) is 3. The summed E-state index contributed by atoms with van der Waals surface area (Å²) in [5, 5.41) is 2.39. The van der Waals surface area contributed by atoms with Gasteiger partial charge in [0.25, 0.3) is 10.0 Å². The monoisotopic (exact) mass is 313 g/mol. The molecular formula is C13H19N3O4S. The first-order valence-corrected chi connectivity index (χ1v) is 7.93. The molecule has 116 valence electrons. The molecule has 3 amide bonds.